The zero-order chi connectivity index (χ0) is 28.4. The molecule has 2 unspecified atom stereocenters. The van der Waals surface area contributed by atoms with Gasteiger partial charge in [-0.2, -0.15) is 0 Å². The van der Waals surface area contributed by atoms with Crippen LogP contribution < -0.4 is 10.2 Å². The van der Waals surface area contributed by atoms with E-state index in [-0.39, 0.29) is 23.8 Å². The molecule has 1 fully saturated rings. The number of carbonyl (C=O) groups excluding carboxylic acids is 2. The number of aromatic amines is 1. The highest BCUT2D eigenvalue weighted by Gasteiger charge is 2.38. The largest absolute Gasteiger partial charge is 0.361 e. The van der Waals surface area contributed by atoms with E-state index < -0.39 is 6.04 Å². The van der Waals surface area contributed by atoms with E-state index in [4.69, 9.17) is 11.6 Å². The highest BCUT2D eigenvalue weighted by Crippen LogP contribution is 2.35. The zero-order valence-corrected chi connectivity index (χ0v) is 24.7. The average molecular weight is 565 g/mol. The molecule has 214 valence electrons. The minimum absolute atomic E-state index is 0.0925. The van der Waals surface area contributed by atoms with Crippen molar-refractivity contribution in [3.63, 3.8) is 0 Å². The van der Waals surface area contributed by atoms with Crippen LogP contribution >= 0.6 is 11.6 Å². The Morgan fingerprint density at radius 1 is 1.12 bits per heavy atom. The Bertz CT molecular complexity index is 1360. The Labute approximate surface area is 242 Å². The first-order valence-corrected chi connectivity index (χ1v) is 14.6. The fourth-order valence-corrected chi connectivity index (χ4v) is 6.45. The van der Waals surface area contributed by atoms with Gasteiger partial charge in [-0.15, -0.1) is 0 Å². The van der Waals surface area contributed by atoms with Crippen molar-refractivity contribution in [2.24, 2.45) is 5.92 Å². The maximum Gasteiger partial charge on any atom is 0.318 e. The van der Waals surface area contributed by atoms with E-state index in [1.54, 1.807) is 0 Å². The van der Waals surface area contributed by atoms with Crippen molar-refractivity contribution in [1.82, 2.24) is 25.0 Å². The van der Waals surface area contributed by atoms with Gasteiger partial charge in [-0.1, -0.05) is 36.7 Å². The van der Waals surface area contributed by atoms with E-state index in [0.29, 0.717) is 24.7 Å². The molecule has 40 heavy (non-hydrogen) atoms. The number of para-hydroxylation sites is 1. The lowest BCUT2D eigenvalue weighted by Crippen LogP contribution is -2.56. The van der Waals surface area contributed by atoms with Crippen molar-refractivity contribution in [2.45, 2.75) is 31.7 Å². The standard InChI is InChI=1S/C31H41ClN6O2/c1-21(26-18-33-27-9-6-5-8-25(26)27)29(34-31(40)37-13-7-12-36(4)14-15-37)30(39)38-20-22(19-35(2)3)16-23-17-24(32)10-11-28(23)38/h5-6,8-11,17-18,21-22,29,33H,7,12-16,19-20H2,1-4H3,(H,34,40)/t21?,22-,29?/m1/s1. The van der Waals surface area contributed by atoms with Crippen LogP contribution in [0.5, 0.6) is 0 Å². The molecule has 1 aromatic heterocycles. The Hall–Kier alpha value is -3.07. The molecule has 0 bridgehead atoms. The van der Waals surface area contributed by atoms with Gasteiger partial charge in [0.05, 0.1) is 0 Å². The second-order valence-electron chi connectivity index (χ2n) is 11.7. The smallest absolute Gasteiger partial charge is 0.318 e. The number of amides is 3. The molecule has 0 spiro atoms. The lowest BCUT2D eigenvalue weighted by Gasteiger charge is -2.39. The number of nitrogens with zero attached hydrogens (tertiary/aromatic N) is 4. The Morgan fingerprint density at radius 3 is 2.73 bits per heavy atom. The number of aromatic nitrogens is 1. The summed E-state index contributed by atoms with van der Waals surface area (Å²) in [6.07, 6.45) is 3.74. The lowest BCUT2D eigenvalue weighted by atomic mass is 9.88. The highest BCUT2D eigenvalue weighted by molar-refractivity contribution is 6.30. The number of nitrogens with one attached hydrogen (secondary N) is 2. The van der Waals surface area contributed by atoms with Crippen LogP contribution in [0.25, 0.3) is 10.9 Å². The fourth-order valence-electron chi connectivity index (χ4n) is 6.25. The van der Waals surface area contributed by atoms with Crippen LogP contribution in [0.4, 0.5) is 10.5 Å². The van der Waals surface area contributed by atoms with Gasteiger partial charge in [0.1, 0.15) is 6.04 Å². The first-order valence-electron chi connectivity index (χ1n) is 14.3. The number of fused-ring (bicyclic) bond motifs is 2. The molecule has 1 saturated heterocycles. The second kappa shape index (κ2) is 12.2. The normalized spacial score (nSPS) is 19.8. The van der Waals surface area contributed by atoms with Crippen molar-refractivity contribution in [1.29, 1.82) is 0 Å². The minimum atomic E-state index is -0.741. The molecule has 2 N–H and O–H groups in total. The van der Waals surface area contributed by atoms with Gasteiger partial charge in [-0.05, 0) is 81.8 Å². The van der Waals surface area contributed by atoms with Crippen LogP contribution in [0.3, 0.4) is 0 Å². The van der Waals surface area contributed by atoms with Crippen LogP contribution in [-0.4, -0.2) is 98.1 Å². The molecule has 2 aliphatic heterocycles. The third-order valence-corrected chi connectivity index (χ3v) is 8.57. The van der Waals surface area contributed by atoms with Gasteiger partial charge in [-0.25, -0.2) is 4.79 Å². The summed E-state index contributed by atoms with van der Waals surface area (Å²) in [6, 6.07) is 12.9. The first-order chi connectivity index (χ1) is 19.2. The first kappa shape index (κ1) is 28.5. The molecule has 3 amide bonds. The molecular weight excluding hydrogens is 524 g/mol. The predicted octanol–water partition coefficient (Wildman–Crippen LogP) is 4.41. The Balaban J connectivity index is 1.50. The van der Waals surface area contributed by atoms with E-state index in [9.17, 15) is 9.59 Å². The second-order valence-corrected chi connectivity index (χ2v) is 12.1. The van der Waals surface area contributed by atoms with Crippen molar-refractivity contribution in [3.05, 3.63) is 64.8 Å². The van der Waals surface area contributed by atoms with E-state index in [1.807, 2.05) is 59.3 Å². The molecule has 3 atom stereocenters. The van der Waals surface area contributed by atoms with Crippen molar-refractivity contribution in [2.75, 3.05) is 65.3 Å². The molecule has 3 aromatic rings. The average Bonchev–Trinajstić information content (AvgIpc) is 3.23. The van der Waals surface area contributed by atoms with Crippen molar-refractivity contribution < 1.29 is 9.59 Å². The van der Waals surface area contributed by atoms with Crippen LogP contribution in [0.2, 0.25) is 5.02 Å². The summed E-state index contributed by atoms with van der Waals surface area (Å²) in [5, 5.41) is 4.93. The van der Waals surface area contributed by atoms with Gasteiger partial charge >= 0.3 is 6.03 Å². The summed E-state index contributed by atoms with van der Waals surface area (Å²) in [4.78, 5) is 39.8. The van der Waals surface area contributed by atoms with Crippen LogP contribution in [0, 0.1) is 5.92 Å². The number of benzene rings is 2. The van der Waals surface area contributed by atoms with Gasteiger partial charge < -0.3 is 29.9 Å². The van der Waals surface area contributed by atoms with Gasteiger partial charge in [0.15, 0.2) is 0 Å². The number of hydrogen-bond acceptors (Lipinski definition) is 4. The summed E-state index contributed by atoms with van der Waals surface area (Å²) >= 11 is 6.39. The SMILES string of the molecule is CC(c1c[nH]c2ccccc12)C(NC(=O)N1CCCN(C)CC1)C(=O)N1C[C@@H](CN(C)C)Cc2cc(Cl)ccc21. The Morgan fingerprint density at radius 2 is 1.93 bits per heavy atom. The predicted molar refractivity (Wildman–Crippen MR) is 162 cm³/mol. The monoisotopic (exact) mass is 564 g/mol. The number of anilines is 1. The maximum absolute atomic E-state index is 14.6. The number of rotatable bonds is 6. The number of carbonyl (C=O) groups is 2. The molecule has 5 rings (SSSR count). The van der Waals surface area contributed by atoms with Crippen LogP contribution in [0.15, 0.2) is 48.7 Å². The zero-order valence-electron chi connectivity index (χ0n) is 24.0. The van der Waals surface area contributed by atoms with E-state index in [1.165, 1.54) is 0 Å². The van der Waals surface area contributed by atoms with Gasteiger partial charge in [0.25, 0.3) is 0 Å². The molecule has 0 aliphatic carbocycles. The van der Waals surface area contributed by atoms with E-state index in [0.717, 1.165) is 60.2 Å². The van der Waals surface area contributed by atoms with E-state index >= 15 is 0 Å². The number of hydrogen-bond donors (Lipinski definition) is 2. The molecule has 2 aromatic carbocycles. The maximum atomic E-state index is 14.6. The molecule has 9 heteroatoms. The number of likely N-dealkylation sites (N-methyl/N-ethyl adjacent to an activating group) is 1. The molecule has 3 heterocycles. The van der Waals surface area contributed by atoms with Crippen molar-refractivity contribution >= 4 is 40.1 Å². The number of H-pyrrole nitrogens is 1. The minimum Gasteiger partial charge on any atom is -0.361 e. The highest BCUT2D eigenvalue weighted by atomic mass is 35.5. The van der Waals surface area contributed by atoms with Gasteiger partial charge in [0, 0.05) is 66.5 Å². The molecule has 0 saturated carbocycles. The number of urea groups is 1. The summed E-state index contributed by atoms with van der Waals surface area (Å²) in [5.74, 6) is -0.0943. The Kier molecular flexibility index (Phi) is 8.68. The molecule has 0 radical (unpaired) electrons. The van der Waals surface area contributed by atoms with Gasteiger partial charge in [0.2, 0.25) is 5.91 Å². The summed E-state index contributed by atoms with van der Waals surface area (Å²) < 4.78 is 0. The van der Waals surface area contributed by atoms with Crippen LogP contribution in [-0.2, 0) is 11.2 Å². The summed E-state index contributed by atoms with van der Waals surface area (Å²) in [7, 11) is 6.19. The van der Waals surface area contributed by atoms with Crippen molar-refractivity contribution in [3.8, 4) is 0 Å². The molecular formula is C31H41ClN6O2. The number of halogens is 1. The summed E-state index contributed by atoms with van der Waals surface area (Å²) in [6.45, 7) is 6.57. The third-order valence-electron chi connectivity index (χ3n) is 8.33. The van der Waals surface area contributed by atoms with E-state index in [2.05, 4.69) is 47.3 Å². The summed E-state index contributed by atoms with van der Waals surface area (Å²) in [5.41, 5.74) is 3.98. The molecule has 8 nitrogen and oxygen atoms in total. The fraction of sp³-hybridized carbons (Fsp3) is 0.484. The van der Waals surface area contributed by atoms with Crippen LogP contribution in [0.1, 0.15) is 30.4 Å². The third kappa shape index (κ3) is 6.14. The quantitative estimate of drug-likeness (QED) is 0.465. The lowest BCUT2D eigenvalue weighted by molar-refractivity contribution is -0.121. The topological polar surface area (TPSA) is 74.9 Å². The van der Waals surface area contributed by atoms with Gasteiger partial charge in [-0.3, -0.25) is 4.79 Å². The molecule has 2 aliphatic rings.